The number of nitrogens with zero attached hydrogens (tertiary/aromatic N) is 2. The Hall–Kier alpha value is -1.51. The molecule has 6 nitrogen and oxygen atoms in total. The molecule has 1 aliphatic rings. The normalized spacial score (nSPS) is 14.0. The molecule has 1 aromatic carbocycles. The van der Waals surface area contributed by atoms with Gasteiger partial charge in [-0.15, -0.1) is 24.0 Å². The Morgan fingerprint density at radius 1 is 1.27 bits per heavy atom. The van der Waals surface area contributed by atoms with E-state index in [1.54, 1.807) is 7.11 Å². The SMILES string of the molecule is CCNC(=NCC(=O)N1CCCC1)NCCc1ccc(C)c(OC)c1.I. The summed E-state index contributed by atoms with van der Waals surface area (Å²) in [5.41, 5.74) is 2.34. The molecule has 1 amide bonds. The highest BCUT2D eigenvalue weighted by Gasteiger charge is 2.17. The number of amides is 1. The van der Waals surface area contributed by atoms with Gasteiger partial charge < -0.3 is 20.3 Å². The molecule has 2 N–H and O–H groups in total. The molecular formula is C19H31IN4O2. The second kappa shape index (κ2) is 12.0. The summed E-state index contributed by atoms with van der Waals surface area (Å²) in [6.07, 6.45) is 3.07. The van der Waals surface area contributed by atoms with E-state index in [2.05, 4.69) is 33.8 Å². The molecule has 1 heterocycles. The number of ether oxygens (including phenoxy) is 1. The Morgan fingerprint density at radius 3 is 2.65 bits per heavy atom. The van der Waals surface area contributed by atoms with Crippen LogP contribution in [0.4, 0.5) is 0 Å². The van der Waals surface area contributed by atoms with Gasteiger partial charge in [0.05, 0.1) is 7.11 Å². The Morgan fingerprint density at radius 2 is 2.00 bits per heavy atom. The highest BCUT2D eigenvalue weighted by molar-refractivity contribution is 14.0. The van der Waals surface area contributed by atoms with E-state index >= 15 is 0 Å². The Labute approximate surface area is 173 Å². The summed E-state index contributed by atoms with van der Waals surface area (Å²) in [5, 5.41) is 6.48. The van der Waals surface area contributed by atoms with Crippen molar-refractivity contribution < 1.29 is 9.53 Å². The van der Waals surface area contributed by atoms with Crippen molar-refractivity contribution in [2.75, 3.05) is 39.8 Å². The number of carbonyl (C=O) groups excluding carboxylic acids is 1. The predicted molar refractivity (Wildman–Crippen MR) is 117 cm³/mol. The quantitative estimate of drug-likeness (QED) is 0.362. The molecule has 0 aromatic heterocycles. The minimum atomic E-state index is 0. The number of rotatable bonds is 7. The van der Waals surface area contributed by atoms with E-state index in [0.29, 0.717) is 5.96 Å². The maximum atomic E-state index is 12.1. The van der Waals surface area contributed by atoms with E-state index in [1.165, 1.54) is 5.56 Å². The standard InChI is InChI=1S/C19H30N4O2.HI/c1-4-20-19(22-14-18(24)23-11-5-6-12-23)21-10-9-16-8-7-15(2)17(13-16)25-3;/h7-8,13H,4-6,9-12,14H2,1-3H3,(H2,20,21,22);1H. The average Bonchev–Trinajstić information content (AvgIpc) is 3.15. The Balaban J connectivity index is 0.00000338. The van der Waals surface area contributed by atoms with Gasteiger partial charge in [-0.3, -0.25) is 4.79 Å². The number of halogens is 1. The molecular weight excluding hydrogens is 443 g/mol. The van der Waals surface area contributed by atoms with Crippen molar-refractivity contribution in [2.45, 2.75) is 33.1 Å². The molecule has 0 aliphatic carbocycles. The number of hydrogen-bond acceptors (Lipinski definition) is 3. The lowest BCUT2D eigenvalue weighted by Gasteiger charge is -2.15. The van der Waals surface area contributed by atoms with Crippen LogP contribution in [0.2, 0.25) is 0 Å². The largest absolute Gasteiger partial charge is 0.496 e. The van der Waals surface area contributed by atoms with Crippen molar-refractivity contribution in [1.29, 1.82) is 0 Å². The molecule has 0 saturated carbocycles. The zero-order valence-corrected chi connectivity index (χ0v) is 18.3. The van der Waals surface area contributed by atoms with Gasteiger partial charge in [0.15, 0.2) is 5.96 Å². The highest BCUT2D eigenvalue weighted by atomic mass is 127. The third-order valence-electron chi connectivity index (χ3n) is 4.35. The number of hydrogen-bond donors (Lipinski definition) is 2. The molecule has 1 fully saturated rings. The van der Waals surface area contributed by atoms with Crippen LogP contribution < -0.4 is 15.4 Å². The fraction of sp³-hybridized carbons (Fsp3) is 0.579. The monoisotopic (exact) mass is 474 g/mol. The number of guanidine groups is 1. The van der Waals surface area contributed by atoms with Crippen LogP contribution in [0.3, 0.4) is 0 Å². The molecule has 0 atom stereocenters. The van der Waals surface area contributed by atoms with Crippen molar-refractivity contribution in [3.05, 3.63) is 29.3 Å². The van der Waals surface area contributed by atoms with Crippen LogP contribution in [0, 0.1) is 6.92 Å². The van der Waals surface area contributed by atoms with Crippen molar-refractivity contribution >= 4 is 35.8 Å². The van der Waals surface area contributed by atoms with E-state index in [-0.39, 0.29) is 36.4 Å². The molecule has 2 rings (SSSR count). The van der Waals surface area contributed by atoms with Crippen LogP contribution in [-0.2, 0) is 11.2 Å². The van der Waals surface area contributed by atoms with Gasteiger partial charge in [-0.05, 0) is 50.3 Å². The molecule has 0 unspecified atom stereocenters. The Bertz CT molecular complexity index is 601. The summed E-state index contributed by atoms with van der Waals surface area (Å²) in [4.78, 5) is 18.4. The molecule has 0 radical (unpaired) electrons. The van der Waals surface area contributed by atoms with Crippen LogP contribution >= 0.6 is 24.0 Å². The first-order chi connectivity index (χ1) is 12.1. The van der Waals surface area contributed by atoms with Crippen LogP contribution in [0.5, 0.6) is 5.75 Å². The van der Waals surface area contributed by atoms with E-state index in [0.717, 1.165) is 56.8 Å². The Kier molecular flexibility index (Phi) is 10.4. The lowest BCUT2D eigenvalue weighted by molar-refractivity contribution is -0.128. The maximum absolute atomic E-state index is 12.1. The number of benzene rings is 1. The van der Waals surface area contributed by atoms with Crippen molar-refractivity contribution in [1.82, 2.24) is 15.5 Å². The summed E-state index contributed by atoms with van der Waals surface area (Å²) in [7, 11) is 1.69. The number of aryl methyl sites for hydroxylation is 1. The van der Waals surface area contributed by atoms with Crippen molar-refractivity contribution in [3.63, 3.8) is 0 Å². The van der Waals surface area contributed by atoms with Crippen LogP contribution in [0.25, 0.3) is 0 Å². The van der Waals surface area contributed by atoms with E-state index in [1.807, 2.05) is 18.7 Å². The maximum Gasteiger partial charge on any atom is 0.244 e. The summed E-state index contributed by atoms with van der Waals surface area (Å²) < 4.78 is 5.37. The number of carbonyl (C=O) groups is 1. The second-order valence-electron chi connectivity index (χ2n) is 6.26. The lowest BCUT2D eigenvalue weighted by Crippen LogP contribution is -2.39. The highest BCUT2D eigenvalue weighted by Crippen LogP contribution is 2.18. The van der Waals surface area contributed by atoms with Gasteiger partial charge in [-0.25, -0.2) is 4.99 Å². The van der Waals surface area contributed by atoms with Gasteiger partial charge in [0.2, 0.25) is 5.91 Å². The van der Waals surface area contributed by atoms with Crippen LogP contribution in [0.1, 0.15) is 30.9 Å². The zero-order valence-electron chi connectivity index (χ0n) is 16.0. The number of aliphatic imine (C=N–C) groups is 1. The first-order valence-corrected chi connectivity index (χ1v) is 9.07. The molecule has 0 spiro atoms. The summed E-state index contributed by atoms with van der Waals surface area (Å²) in [5.74, 6) is 1.71. The van der Waals surface area contributed by atoms with Crippen LogP contribution in [-0.4, -0.2) is 56.6 Å². The smallest absolute Gasteiger partial charge is 0.244 e. The molecule has 1 aliphatic heterocycles. The molecule has 26 heavy (non-hydrogen) atoms. The van der Waals surface area contributed by atoms with Gasteiger partial charge in [0.25, 0.3) is 0 Å². The molecule has 1 saturated heterocycles. The minimum Gasteiger partial charge on any atom is -0.496 e. The van der Waals surface area contributed by atoms with Gasteiger partial charge in [-0.1, -0.05) is 12.1 Å². The molecule has 7 heteroatoms. The van der Waals surface area contributed by atoms with Gasteiger partial charge in [0, 0.05) is 26.2 Å². The fourth-order valence-electron chi connectivity index (χ4n) is 2.90. The minimum absolute atomic E-state index is 0. The fourth-order valence-corrected chi connectivity index (χ4v) is 2.90. The number of likely N-dealkylation sites (tertiary alicyclic amines) is 1. The number of methoxy groups -OCH3 is 1. The topological polar surface area (TPSA) is 66.0 Å². The van der Waals surface area contributed by atoms with Crippen LogP contribution in [0.15, 0.2) is 23.2 Å². The first-order valence-electron chi connectivity index (χ1n) is 9.07. The first kappa shape index (κ1) is 22.5. The van der Waals surface area contributed by atoms with E-state index in [9.17, 15) is 4.79 Å². The number of nitrogens with one attached hydrogen (secondary N) is 2. The molecule has 146 valence electrons. The summed E-state index contributed by atoms with van der Waals surface area (Å²) in [6, 6.07) is 6.25. The third kappa shape index (κ3) is 7.01. The lowest BCUT2D eigenvalue weighted by atomic mass is 10.1. The van der Waals surface area contributed by atoms with Crippen molar-refractivity contribution in [3.8, 4) is 5.75 Å². The molecule has 1 aromatic rings. The zero-order chi connectivity index (χ0) is 18.1. The van der Waals surface area contributed by atoms with Gasteiger partial charge in [0.1, 0.15) is 12.3 Å². The second-order valence-corrected chi connectivity index (χ2v) is 6.26. The summed E-state index contributed by atoms with van der Waals surface area (Å²) >= 11 is 0. The predicted octanol–water partition coefficient (Wildman–Crippen LogP) is 2.34. The van der Waals surface area contributed by atoms with Crippen molar-refractivity contribution in [2.24, 2.45) is 4.99 Å². The average molecular weight is 474 g/mol. The van der Waals surface area contributed by atoms with Gasteiger partial charge in [-0.2, -0.15) is 0 Å². The third-order valence-corrected chi connectivity index (χ3v) is 4.35. The summed E-state index contributed by atoms with van der Waals surface area (Å²) in [6.45, 7) is 7.51. The van der Waals surface area contributed by atoms with E-state index in [4.69, 9.17) is 4.74 Å². The van der Waals surface area contributed by atoms with E-state index < -0.39 is 0 Å². The van der Waals surface area contributed by atoms with Gasteiger partial charge >= 0.3 is 0 Å². The molecule has 0 bridgehead atoms.